The summed E-state index contributed by atoms with van der Waals surface area (Å²) < 4.78 is 32.3. The Balaban J connectivity index is 1.94. The maximum absolute atomic E-state index is 13.6. The van der Waals surface area contributed by atoms with Crippen LogP contribution in [0.2, 0.25) is 0 Å². The summed E-state index contributed by atoms with van der Waals surface area (Å²) in [5.41, 5.74) is 2.80. The number of sulfone groups is 1. The van der Waals surface area contributed by atoms with Crippen molar-refractivity contribution in [1.29, 1.82) is 0 Å². The first-order chi connectivity index (χ1) is 14.0. The molecule has 0 amide bonds. The standard InChI is InChI=1S/C23H26N2O3S/c1-3-17-7-12-21-20(15-17)23(25-13-5-4-6-14-25)22(16-24-21)29(26,27)19-10-8-18(28-2)9-11-19/h7-12,15-16H,3-6,13-14H2,1-2H3. The van der Waals surface area contributed by atoms with E-state index in [9.17, 15) is 8.42 Å². The highest BCUT2D eigenvalue weighted by Crippen LogP contribution is 2.37. The van der Waals surface area contributed by atoms with Crippen molar-refractivity contribution < 1.29 is 13.2 Å². The number of methoxy groups -OCH3 is 1. The Bertz CT molecular complexity index is 1120. The molecule has 2 aromatic carbocycles. The largest absolute Gasteiger partial charge is 0.497 e. The topological polar surface area (TPSA) is 59.5 Å². The molecule has 1 saturated heterocycles. The van der Waals surface area contributed by atoms with E-state index in [0.717, 1.165) is 48.9 Å². The van der Waals surface area contributed by atoms with Crippen LogP contribution >= 0.6 is 0 Å². The normalized spacial score (nSPS) is 14.9. The fraction of sp³-hybridized carbons (Fsp3) is 0.348. The van der Waals surface area contributed by atoms with Crippen LogP contribution in [-0.2, 0) is 16.3 Å². The number of fused-ring (bicyclic) bond motifs is 1. The van der Waals surface area contributed by atoms with Gasteiger partial charge in [-0.2, -0.15) is 0 Å². The molecule has 1 aliphatic heterocycles. The SMILES string of the molecule is CCc1ccc2ncc(S(=O)(=O)c3ccc(OC)cc3)c(N3CCCCC3)c2c1. The van der Waals surface area contributed by atoms with Crippen LogP contribution in [0, 0.1) is 0 Å². The zero-order chi connectivity index (χ0) is 20.4. The van der Waals surface area contributed by atoms with Gasteiger partial charge in [-0.1, -0.05) is 13.0 Å². The molecule has 1 aromatic heterocycles. The summed E-state index contributed by atoms with van der Waals surface area (Å²) in [6, 6.07) is 12.7. The summed E-state index contributed by atoms with van der Waals surface area (Å²) in [4.78, 5) is 7.27. The molecule has 2 heterocycles. The molecular weight excluding hydrogens is 384 g/mol. The van der Waals surface area contributed by atoms with Gasteiger partial charge in [0.2, 0.25) is 9.84 Å². The molecule has 3 aromatic rings. The van der Waals surface area contributed by atoms with E-state index in [0.29, 0.717) is 5.75 Å². The molecule has 29 heavy (non-hydrogen) atoms. The van der Waals surface area contributed by atoms with Gasteiger partial charge < -0.3 is 9.64 Å². The van der Waals surface area contributed by atoms with E-state index in [1.807, 2.05) is 6.07 Å². The van der Waals surface area contributed by atoms with E-state index in [-0.39, 0.29) is 9.79 Å². The third-order valence-electron chi connectivity index (χ3n) is 5.61. The molecule has 0 spiro atoms. The summed E-state index contributed by atoms with van der Waals surface area (Å²) in [5.74, 6) is 0.629. The zero-order valence-electron chi connectivity index (χ0n) is 16.9. The number of hydrogen-bond donors (Lipinski definition) is 0. The van der Waals surface area contributed by atoms with Crippen LogP contribution in [-0.4, -0.2) is 33.6 Å². The molecule has 0 N–H and O–H groups in total. The highest BCUT2D eigenvalue weighted by molar-refractivity contribution is 7.91. The van der Waals surface area contributed by atoms with Crippen LogP contribution < -0.4 is 9.64 Å². The molecule has 1 aliphatic rings. The predicted octanol–water partition coefficient (Wildman–Crippen LogP) is 4.63. The minimum absolute atomic E-state index is 0.254. The second kappa shape index (κ2) is 8.03. The van der Waals surface area contributed by atoms with Gasteiger partial charge in [-0.25, -0.2) is 8.42 Å². The first-order valence-electron chi connectivity index (χ1n) is 10.1. The average molecular weight is 411 g/mol. The minimum Gasteiger partial charge on any atom is -0.497 e. The quantitative estimate of drug-likeness (QED) is 0.614. The Hall–Kier alpha value is -2.60. The van der Waals surface area contributed by atoms with Crippen molar-refractivity contribution in [3.05, 3.63) is 54.2 Å². The maximum Gasteiger partial charge on any atom is 0.210 e. The molecule has 0 aliphatic carbocycles. The molecule has 6 heteroatoms. The minimum atomic E-state index is -3.71. The number of anilines is 1. The second-order valence-corrected chi connectivity index (χ2v) is 9.32. The molecule has 0 unspecified atom stereocenters. The Morgan fingerprint density at radius 2 is 1.76 bits per heavy atom. The Morgan fingerprint density at radius 3 is 2.41 bits per heavy atom. The molecule has 152 valence electrons. The van der Waals surface area contributed by atoms with E-state index in [4.69, 9.17) is 4.74 Å². The molecule has 4 rings (SSSR count). The molecule has 1 fully saturated rings. The number of rotatable bonds is 5. The molecule has 0 radical (unpaired) electrons. The van der Waals surface area contributed by atoms with Crippen molar-refractivity contribution in [2.45, 2.75) is 42.4 Å². The van der Waals surface area contributed by atoms with Gasteiger partial charge in [0.1, 0.15) is 10.6 Å². The molecule has 5 nitrogen and oxygen atoms in total. The number of aryl methyl sites for hydroxylation is 1. The number of hydrogen-bond acceptors (Lipinski definition) is 5. The van der Waals surface area contributed by atoms with E-state index in [2.05, 4.69) is 28.9 Å². The van der Waals surface area contributed by atoms with Crippen LogP contribution in [0.5, 0.6) is 5.75 Å². The Morgan fingerprint density at radius 1 is 1.03 bits per heavy atom. The predicted molar refractivity (Wildman–Crippen MR) is 116 cm³/mol. The van der Waals surface area contributed by atoms with Crippen LogP contribution in [0.15, 0.2) is 58.5 Å². The van der Waals surface area contributed by atoms with Gasteiger partial charge in [-0.05, 0) is 67.6 Å². The van der Waals surface area contributed by atoms with Crippen molar-refractivity contribution in [3.63, 3.8) is 0 Å². The van der Waals surface area contributed by atoms with E-state index in [1.54, 1.807) is 31.4 Å². The lowest BCUT2D eigenvalue weighted by molar-refractivity contribution is 0.414. The number of nitrogens with zero attached hydrogens (tertiary/aromatic N) is 2. The zero-order valence-corrected chi connectivity index (χ0v) is 17.7. The third kappa shape index (κ3) is 3.69. The highest BCUT2D eigenvalue weighted by Gasteiger charge is 2.27. The third-order valence-corrected chi connectivity index (χ3v) is 7.38. The van der Waals surface area contributed by atoms with Crippen molar-refractivity contribution in [1.82, 2.24) is 4.98 Å². The van der Waals surface area contributed by atoms with Gasteiger partial charge in [-0.3, -0.25) is 4.98 Å². The fourth-order valence-electron chi connectivity index (χ4n) is 3.95. The lowest BCUT2D eigenvalue weighted by Crippen LogP contribution is -2.31. The summed E-state index contributed by atoms with van der Waals surface area (Å²) >= 11 is 0. The van der Waals surface area contributed by atoms with Gasteiger partial charge >= 0.3 is 0 Å². The number of benzene rings is 2. The lowest BCUT2D eigenvalue weighted by Gasteiger charge is -2.31. The number of piperidine rings is 1. The summed E-state index contributed by atoms with van der Waals surface area (Å²) in [7, 11) is -2.15. The van der Waals surface area contributed by atoms with Gasteiger partial charge in [-0.15, -0.1) is 0 Å². The first-order valence-corrected chi connectivity index (χ1v) is 11.6. The van der Waals surface area contributed by atoms with Crippen LogP contribution in [0.4, 0.5) is 5.69 Å². The van der Waals surface area contributed by atoms with E-state index >= 15 is 0 Å². The van der Waals surface area contributed by atoms with Crippen molar-refractivity contribution in [2.24, 2.45) is 0 Å². The highest BCUT2D eigenvalue weighted by atomic mass is 32.2. The van der Waals surface area contributed by atoms with Crippen molar-refractivity contribution >= 4 is 26.4 Å². The van der Waals surface area contributed by atoms with Crippen LogP contribution in [0.1, 0.15) is 31.7 Å². The van der Waals surface area contributed by atoms with Gasteiger partial charge in [0.15, 0.2) is 0 Å². The summed E-state index contributed by atoms with van der Waals surface area (Å²) in [6.07, 6.45) is 5.74. The molecule has 0 saturated carbocycles. The van der Waals surface area contributed by atoms with Gasteiger partial charge in [0.05, 0.1) is 23.2 Å². The monoisotopic (exact) mass is 410 g/mol. The summed E-state index contributed by atoms with van der Waals surface area (Å²) in [5, 5.41) is 0.917. The number of ether oxygens (including phenoxy) is 1. The lowest BCUT2D eigenvalue weighted by atomic mass is 10.0. The Labute approximate surface area is 172 Å². The Kier molecular flexibility index (Phi) is 5.46. The van der Waals surface area contributed by atoms with Gasteiger partial charge in [0, 0.05) is 24.7 Å². The number of aromatic nitrogens is 1. The average Bonchev–Trinajstić information content (AvgIpc) is 2.78. The van der Waals surface area contributed by atoms with Crippen molar-refractivity contribution in [2.75, 3.05) is 25.1 Å². The number of pyridine rings is 1. The maximum atomic E-state index is 13.6. The summed E-state index contributed by atoms with van der Waals surface area (Å²) in [6.45, 7) is 3.83. The first kappa shape index (κ1) is 19.7. The fourth-order valence-corrected chi connectivity index (χ4v) is 5.38. The van der Waals surface area contributed by atoms with Gasteiger partial charge in [0.25, 0.3) is 0 Å². The smallest absolute Gasteiger partial charge is 0.210 e. The van der Waals surface area contributed by atoms with E-state index < -0.39 is 9.84 Å². The molecule has 0 atom stereocenters. The van der Waals surface area contributed by atoms with Crippen LogP contribution in [0.3, 0.4) is 0 Å². The second-order valence-electron chi connectivity index (χ2n) is 7.40. The van der Waals surface area contributed by atoms with Crippen LogP contribution in [0.25, 0.3) is 10.9 Å². The molecule has 0 bridgehead atoms. The van der Waals surface area contributed by atoms with Crippen molar-refractivity contribution in [3.8, 4) is 5.75 Å². The molecular formula is C23H26N2O3S. The van der Waals surface area contributed by atoms with E-state index in [1.165, 1.54) is 18.2 Å².